The zero-order chi connectivity index (χ0) is 21.0. The SMILES string of the molecule is CNS(=O)(=O)c1cc(C(=O)N[C@@H](C)c2ccccc2)ccc1N1CCN(C)CC1. The molecule has 2 aromatic rings. The summed E-state index contributed by atoms with van der Waals surface area (Å²) in [5.41, 5.74) is 1.93. The Morgan fingerprint density at radius 2 is 1.69 bits per heavy atom. The second-order valence-electron chi connectivity index (χ2n) is 7.29. The molecule has 0 spiro atoms. The van der Waals surface area contributed by atoms with E-state index in [-0.39, 0.29) is 16.8 Å². The molecule has 1 aliphatic heterocycles. The molecule has 7 nitrogen and oxygen atoms in total. The van der Waals surface area contributed by atoms with E-state index in [1.165, 1.54) is 13.1 Å². The van der Waals surface area contributed by atoms with Crippen LogP contribution in [0.2, 0.25) is 0 Å². The van der Waals surface area contributed by atoms with Crippen LogP contribution in [-0.2, 0) is 10.0 Å². The monoisotopic (exact) mass is 416 g/mol. The topological polar surface area (TPSA) is 81.7 Å². The molecule has 0 radical (unpaired) electrons. The van der Waals surface area contributed by atoms with Crippen molar-refractivity contribution in [3.63, 3.8) is 0 Å². The number of hydrogen-bond acceptors (Lipinski definition) is 5. The van der Waals surface area contributed by atoms with Crippen LogP contribution in [0.5, 0.6) is 0 Å². The van der Waals surface area contributed by atoms with Crippen LogP contribution in [0.15, 0.2) is 53.4 Å². The van der Waals surface area contributed by atoms with Crippen LogP contribution in [0.4, 0.5) is 5.69 Å². The third kappa shape index (κ3) is 4.95. The fourth-order valence-electron chi connectivity index (χ4n) is 3.39. The molecule has 0 unspecified atom stereocenters. The maximum atomic E-state index is 12.8. The Balaban J connectivity index is 1.88. The minimum absolute atomic E-state index is 0.129. The normalized spacial score (nSPS) is 16.4. The van der Waals surface area contributed by atoms with Crippen LogP contribution in [0.1, 0.15) is 28.9 Å². The predicted molar refractivity (Wildman–Crippen MR) is 115 cm³/mol. The minimum Gasteiger partial charge on any atom is -0.368 e. The summed E-state index contributed by atoms with van der Waals surface area (Å²) in [7, 11) is -0.286. The van der Waals surface area contributed by atoms with Gasteiger partial charge in [-0.25, -0.2) is 13.1 Å². The number of carbonyl (C=O) groups excluding carboxylic acids is 1. The van der Waals surface area contributed by atoms with Gasteiger partial charge in [0.15, 0.2) is 0 Å². The first-order valence-corrected chi connectivity index (χ1v) is 11.2. The van der Waals surface area contributed by atoms with Crippen molar-refractivity contribution in [2.45, 2.75) is 17.9 Å². The van der Waals surface area contributed by atoms with Crippen LogP contribution in [0.3, 0.4) is 0 Å². The van der Waals surface area contributed by atoms with E-state index in [2.05, 4.69) is 19.8 Å². The maximum absolute atomic E-state index is 12.8. The largest absolute Gasteiger partial charge is 0.368 e. The van der Waals surface area contributed by atoms with Crippen molar-refractivity contribution >= 4 is 21.6 Å². The lowest BCUT2D eigenvalue weighted by Gasteiger charge is -2.35. The van der Waals surface area contributed by atoms with Gasteiger partial charge < -0.3 is 15.1 Å². The number of benzene rings is 2. The number of sulfonamides is 1. The summed E-state index contributed by atoms with van der Waals surface area (Å²) >= 11 is 0. The van der Waals surface area contributed by atoms with E-state index < -0.39 is 10.0 Å². The van der Waals surface area contributed by atoms with Crippen molar-refractivity contribution in [1.82, 2.24) is 14.9 Å². The van der Waals surface area contributed by atoms with E-state index in [1.54, 1.807) is 12.1 Å². The zero-order valence-electron chi connectivity index (χ0n) is 17.1. The quantitative estimate of drug-likeness (QED) is 0.751. The lowest BCUT2D eigenvalue weighted by atomic mass is 10.1. The number of amides is 1. The van der Waals surface area contributed by atoms with E-state index in [9.17, 15) is 13.2 Å². The van der Waals surface area contributed by atoms with Gasteiger partial charge in [0.2, 0.25) is 10.0 Å². The van der Waals surface area contributed by atoms with Crippen molar-refractivity contribution in [3.8, 4) is 0 Å². The fourth-order valence-corrected chi connectivity index (χ4v) is 4.37. The molecule has 8 heteroatoms. The van der Waals surface area contributed by atoms with Gasteiger partial charge in [-0.15, -0.1) is 0 Å². The van der Waals surface area contributed by atoms with Crippen LogP contribution in [-0.4, -0.2) is 59.5 Å². The van der Waals surface area contributed by atoms with Crippen LogP contribution in [0.25, 0.3) is 0 Å². The maximum Gasteiger partial charge on any atom is 0.251 e. The Bertz CT molecular complexity index is 955. The van der Waals surface area contributed by atoms with E-state index >= 15 is 0 Å². The molecule has 0 bridgehead atoms. The average Bonchev–Trinajstić information content (AvgIpc) is 2.74. The summed E-state index contributed by atoms with van der Waals surface area (Å²) in [6.45, 7) is 5.08. The van der Waals surface area contributed by atoms with Crippen molar-refractivity contribution in [1.29, 1.82) is 0 Å². The van der Waals surface area contributed by atoms with Crippen molar-refractivity contribution < 1.29 is 13.2 Å². The van der Waals surface area contributed by atoms with Gasteiger partial charge in [0.25, 0.3) is 5.91 Å². The molecule has 0 aromatic heterocycles. The number of piperazine rings is 1. The number of carbonyl (C=O) groups is 1. The second kappa shape index (κ2) is 8.94. The van der Waals surface area contributed by atoms with E-state index in [0.717, 1.165) is 31.7 Å². The second-order valence-corrected chi connectivity index (χ2v) is 9.14. The van der Waals surface area contributed by atoms with Crippen molar-refractivity contribution in [2.75, 3.05) is 45.2 Å². The Kier molecular flexibility index (Phi) is 6.56. The Morgan fingerprint density at radius 1 is 1.03 bits per heavy atom. The number of nitrogens with zero attached hydrogens (tertiary/aromatic N) is 2. The molecule has 0 aliphatic carbocycles. The highest BCUT2D eigenvalue weighted by molar-refractivity contribution is 7.89. The van der Waals surface area contributed by atoms with Crippen LogP contribution in [0, 0.1) is 0 Å². The lowest BCUT2D eigenvalue weighted by Crippen LogP contribution is -2.45. The Hall–Kier alpha value is -2.42. The van der Waals surface area contributed by atoms with Gasteiger partial charge >= 0.3 is 0 Å². The van der Waals surface area contributed by atoms with Crippen molar-refractivity contribution in [3.05, 3.63) is 59.7 Å². The third-order valence-electron chi connectivity index (χ3n) is 5.27. The van der Waals surface area contributed by atoms with E-state index in [0.29, 0.717) is 11.3 Å². The van der Waals surface area contributed by atoms with Gasteiger partial charge in [0.1, 0.15) is 4.90 Å². The van der Waals surface area contributed by atoms with Crippen LogP contribution < -0.4 is 14.9 Å². The van der Waals surface area contributed by atoms with Gasteiger partial charge in [0.05, 0.1) is 11.7 Å². The summed E-state index contributed by atoms with van der Waals surface area (Å²) in [5.74, 6) is -0.307. The van der Waals surface area contributed by atoms with E-state index in [4.69, 9.17) is 0 Å². The fraction of sp³-hybridized carbons (Fsp3) is 0.381. The van der Waals surface area contributed by atoms with Crippen LogP contribution >= 0.6 is 0 Å². The molecule has 1 fully saturated rings. The van der Waals surface area contributed by atoms with Gasteiger partial charge in [-0.2, -0.15) is 0 Å². The molecule has 1 saturated heterocycles. The summed E-state index contributed by atoms with van der Waals surface area (Å²) in [5, 5.41) is 2.94. The number of rotatable bonds is 6. The Morgan fingerprint density at radius 3 is 2.31 bits per heavy atom. The first kappa shape index (κ1) is 21.3. The molecule has 1 atom stereocenters. The average molecular weight is 417 g/mol. The van der Waals surface area contributed by atoms with E-state index in [1.807, 2.05) is 44.3 Å². The van der Waals surface area contributed by atoms with Gasteiger partial charge in [-0.05, 0) is 44.8 Å². The summed E-state index contributed by atoms with van der Waals surface area (Å²) in [6, 6.07) is 14.3. The summed E-state index contributed by atoms with van der Waals surface area (Å²) in [4.78, 5) is 17.2. The molecule has 29 heavy (non-hydrogen) atoms. The lowest BCUT2D eigenvalue weighted by molar-refractivity contribution is 0.0939. The summed E-state index contributed by atoms with van der Waals surface area (Å²) in [6.07, 6.45) is 0. The molecule has 3 rings (SSSR count). The molecule has 1 heterocycles. The first-order chi connectivity index (χ1) is 13.8. The molecule has 1 aliphatic rings. The summed E-state index contributed by atoms with van der Waals surface area (Å²) < 4.78 is 27.7. The highest BCUT2D eigenvalue weighted by atomic mass is 32.2. The molecular formula is C21H28N4O3S. The number of likely N-dealkylation sites (N-methyl/N-ethyl adjacent to an activating group) is 1. The molecule has 0 saturated carbocycles. The van der Waals surface area contributed by atoms with Crippen molar-refractivity contribution in [2.24, 2.45) is 0 Å². The highest BCUT2D eigenvalue weighted by Gasteiger charge is 2.25. The molecule has 2 aromatic carbocycles. The minimum atomic E-state index is -3.71. The van der Waals surface area contributed by atoms with Gasteiger partial charge in [-0.1, -0.05) is 30.3 Å². The third-order valence-corrected chi connectivity index (χ3v) is 6.71. The van der Waals surface area contributed by atoms with Gasteiger partial charge in [-0.3, -0.25) is 4.79 Å². The molecule has 2 N–H and O–H groups in total. The highest BCUT2D eigenvalue weighted by Crippen LogP contribution is 2.27. The van der Waals surface area contributed by atoms with Gasteiger partial charge in [0, 0.05) is 31.7 Å². The molecular weight excluding hydrogens is 388 g/mol. The molecule has 1 amide bonds. The standard InChI is InChI=1S/C21H28N4O3S/c1-16(17-7-5-4-6-8-17)23-21(26)18-9-10-19(20(15-18)29(27,28)22-2)25-13-11-24(3)12-14-25/h4-10,15-16,22H,11-14H2,1-3H3,(H,23,26)/t16-/m0/s1. The first-order valence-electron chi connectivity index (χ1n) is 9.68. The Labute approximate surface area is 172 Å². The zero-order valence-corrected chi connectivity index (χ0v) is 17.9. The number of nitrogens with one attached hydrogen (secondary N) is 2. The smallest absolute Gasteiger partial charge is 0.251 e. The molecule has 156 valence electrons. The number of hydrogen-bond donors (Lipinski definition) is 2. The number of anilines is 1. The predicted octanol–water partition coefficient (Wildman–Crippen LogP) is 1.84.